The molecule has 1 heterocycles. The summed E-state index contributed by atoms with van der Waals surface area (Å²) in [5.41, 5.74) is 2.78. The second-order valence-corrected chi connectivity index (χ2v) is 6.65. The van der Waals surface area contributed by atoms with Crippen molar-refractivity contribution in [3.05, 3.63) is 52.3 Å². The van der Waals surface area contributed by atoms with Crippen LogP contribution >= 0.6 is 0 Å². The van der Waals surface area contributed by atoms with E-state index in [4.69, 9.17) is 5.26 Å². The van der Waals surface area contributed by atoms with Gasteiger partial charge in [-0.3, -0.25) is 9.48 Å². The van der Waals surface area contributed by atoms with Crippen molar-refractivity contribution >= 4 is 5.91 Å². The quantitative estimate of drug-likeness (QED) is 0.770. The maximum Gasteiger partial charge on any atom is 0.220 e. The van der Waals surface area contributed by atoms with Crippen molar-refractivity contribution in [3.63, 3.8) is 0 Å². The van der Waals surface area contributed by atoms with Crippen LogP contribution in [0.3, 0.4) is 0 Å². The number of nitrogens with zero attached hydrogens (tertiary/aromatic N) is 3. The van der Waals surface area contributed by atoms with Crippen LogP contribution in [0, 0.1) is 36.8 Å². The number of nitrogens with one attached hydrogen (secondary N) is 1. The SMILES string of the molecule is Cc1nn(CCC#N)c(C)c1CCC(=O)NC(C)Cc1c(F)cccc1F. The molecule has 7 heteroatoms. The van der Waals surface area contributed by atoms with Crippen molar-refractivity contribution in [3.8, 4) is 6.07 Å². The summed E-state index contributed by atoms with van der Waals surface area (Å²) in [6.07, 6.45) is 1.26. The zero-order valence-electron chi connectivity index (χ0n) is 15.9. The molecular formula is C20H24F2N4O. The maximum atomic E-state index is 13.7. The predicted octanol–water partition coefficient (Wildman–Crippen LogP) is 3.37. The number of hydrogen-bond acceptors (Lipinski definition) is 3. The van der Waals surface area contributed by atoms with Crippen LogP contribution < -0.4 is 5.32 Å². The van der Waals surface area contributed by atoms with Crippen LogP contribution in [-0.2, 0) is 24.2 Å². The van der Waals surface area contributed by atoms with Gasteiger partial charge in [0, 0.05) is 23.7 Å². The summed E-state index contributed by atoms with van der Waals surface area (Å²) in [6.45, 7) is 6.06. The molecule has 0 aliphatic heterocycles. The summed E-state index contributed by atoms with van der Waals surface area (Å²) >= 11 is 0. The zero-order valence-corrected chi connectivity index (χ0v) is 15.9. The minimum absolute atomic E-state index is 0.0178. The smallest absolute Gasteiger partial charge is 0.220 e. The van der Waals surface area contributed by atoms with Gasteiger partial charge in [-0.15, -0.1) is 0 Å². The van der Waals surface area contributed by atoms with E-state index in [1.54, 1.807) is 11.6 Å². The number of benzene rings is 1. The lowest BCUT2D eigenvalue weighted by Gasteiger charge is -2.15. The Bertz CT molecular complexity index is 834. The van der Waals surface area contributed by atoms with E-state index in [1.807, 2.05) is 13.8 Å². The molecule has 0 bridgehead atoms. The van der Waals surface area contributed by atoms with Crippen LogP contribution in [0.4, 0.5) is 8.78 Å². The Morgan fingerprint density at radius 3 is 2.59 bits per heavy atom. The summed E-state index contributed by atoms with van der Waals surface area (Å²) in [5, 5.41) is 15.9. The molecule has 144 valence electrons. The summed E-state index contributed by atoms with van der Waals surface area (Å²) in [6, 6.07) is 5.45. The van der Waals surface area contributed by atoms with Crippen LogP contribution in [-0.4, -0.2) is 21.7 Å². The standard InChI is InChI=1S/C20H24F2N4O/c1-13(12-17-18(21)6-4-7-19(17)22)24-20(27)9-8-16-14(2)25-26(15(16)3)11-5-10-23/h4,6-7,13H,5,8-9,11-12H2,1-3H3,(H,24,27). The van der Waals surface area contributed by atoms with Crippen LogP contribution in [0.25, 0.3) is 0 Å². The third kappa shape index (κ3) is 5.36. The fraction of sp³-hybridized carbons (Fsp3) is 0.450. The van der Waals surface area contributed by atoms with Gasteiger partial charge in [-0.25, -0.2) is 8.78 Å². The molecule has 1 atom stereocenters. The van der Waals surface area contributed by atoms with E-state index in [1.165, 1.54) is 18.2 Å². The first-order chi connectivity index (χ1) is 12.8. The normalized spacial score (nSPS) is 11.9. The highest BCUT2D eigenvalue weighted by Crippen LogP contribution is 2.16. The summed E-state index contributed by atoms with van der Waals surface area (Å²) in [7, 11) is 0. The van der Waals surface area contributed by atoms with Crippen molar-refractivity contribution in [2.45, 2.75) is 59.0 Å². The van der Waals surface area contributed by atoms with Gasteiger partial charge in [-0.05, 0) is 51.3 Å². The number of aromatic nitrogens is 2. The van der Waals surface area contributed by atoms with E-state index >= 15 is 0 Å². The molecule has 5 nitrogen and oxygen atoms in total. The summed E-state index contributed by atoms with van der Waals surface area (Å²) < 4.78 is 29.2. The molecule has 1 amide bonds. The van der Waals surface area contributed by atoms with E-state index in [9.17, 15) is 13.6 Å². The Morgan fingerprint density at radius 2 is 1.96 bits per heavy atom. The Labute approximate surface area is 158 Å². The first-order valence-electron chi connectivity index (χ1n) is 8.95. The molecule has 2 rings (SSSR count). The number of carbonyl (C=O) groups excluding carboxylic acids is 1. The molecule has 0 aliphatic carbocycles. The van der Waals surface area contributed by atoms with Gasteiger partial charge in [0.15, 0.2) is 0 Å². The van der Waals surface area contributed by atoms with Gasteiger partial charge in [0.25, 0.3) is 0 Å². The van der Waals surface area contributed by atoms with Gasteiger partial charge >= 0.3 is 0 Å². The lowest BCUT2D eigenvalue weighted by molar-refractivity contribution is -0.121. The average Bonchev–Trinajstić information content (AvgIpc) is 2.88. The van der Waals surface area contributed by atoms with Crippen molar-refractivity contribution in [1.82, 2.24) is 15.1 Å². The molecule has 0 fully saturated rings. The van der Waals surface area contributed by atoms with Crippen LogP contribution in [0.2, 0.25) is 0 Å². The van der Waals surface area contributed by atoms with Crippen molar-refractivity contribution < 1.29 is 13.6 Å². The number of rotatable bonds is 8. The highest BCUT2D eigenvalue weighted by Gasteiger charge is 2.16. The monoisotopic (exact) mass is 374 g/mol. The number of aryl methyl sites for hydroxylation is 2. The number of hydrogen-bond donors (Lipinski definition) is 1. The molecule has 0 spiro atoms. The molecule has 0 saturated carbocycles. The first-order valence-corrected chi connectivity index (χ1v) is 8.95. The predicted molar refractivity (Wildman–Crippen MR) is 97.9 cm³/mol. The van der Waals surface area contributed by atoms with E-state index in [0.29, 0.717) is 19.4 Å². The molecule has 1 aromatic heterocycles. The third-order valence-corrected chi connectivity index (χ3v) is 4.55. The van der Waals surface area contributed by atoms with Gasteiger partial charge in [0.1, 0.15) is 11.6 Å². The highest BCUT2D eigenvalue weighted by molar-refractivity contribution is 5.76. The van der Waals surface area contributed by atoms with Crippen LogP contribution in [0.1, 0.15) is 42.3 Å². The van der Waals surface area contributed by atoms with E-state index < -0.39 is 11.6 Å². The van der Waals surface area contributed by atoms with E-state index in [2.05, 4.69) is 16.5 Å². The molecule has 1 unspecified atom stereocenters. The Balaban J connectivity index is 1.91. The third-order valence-electron chi connectivity index (χ3n) is 4.55. The fourth-order valence-electron chi connectivity index (χ4n) is 3.14. The van der Waals surface area contributed by atoms with Crippen LogP contribution in [0.15, 0.2) is 18.2 Å². The largest absolute Gasteiger partial charge is 0.353 e. The van der Waals surface area contributed by atoms with Gasteiger partial charge < -0.3 is 5.32 Å². The first kappa shape index (κ1) is 20.6. The number of amides is 1. The second-order valence-electron chi connectivity index (χ2n) is 6.65. The number of halogens is 2. The molecule has 0 aliphatic rings. The van der Waals surface area contributed by atoms with Crippen molar-refractivity contribution in [1.29, 1.82) is 5.26 Å². The lowest BCUT2D eigenvalue weighted by atomic mass is 10.0. The second kappa shape index (κ2) is 9.26. The minimum Gasteiger partial charge on any atom is -0.353 e. The van der Waals surface area contributed by atoms with Gasteiger partial charge in [0.05, 0.1) is 24.7 Å². The molecule has 0 saturated heterocycles. The average molecular weight is 374 g/mol. The molecule has 1 N–H and O–H groups in total. The van der Waals surface area contributed by atoms with Gasteiger partial charge in [0.2, 0.25) is 5.91 Å². The highest BCUT2D eigenvalue weighted by atomic mass is 19.1. The Kier molecular flexibility index (Phi) is 7.05. The van der Waals surface area contributed by atoms with Crippen LogP contribution in [0.5, 0.6) is 0 Å². The van der Waals surface area contributed by atoms with E-state index in [0.717, 1.165) is 17.0 Å². The molecule has 27 heavy (non-hydrogen) atoms. The Morgan fingerprint density at radius 1 is 1.30 bits per heavy atom. The molecule has 1 aromatic carbocycles. The molecule has 0 radical (unpaired) electrons. The minimum atomic E-state index is -0.605. The lowest BCUT2D eigenvalue weighted by Crippen LogP contribution is -2.34. The van der Waals surface area contributed by atoms with Gasteiger partial charge in [-0.2, -0.15) is 10.4 Å². The fourth-order valence-corrected chi connectivity index (χ4v) is 3.14. The summed E-state index contributed by atoms with van der Waals surface area (Å²) in [4.78, 5) is 12.2. The number of carbonyl (C=O) groups is 1. The van der Waals surface area contributed by atoms with Gasteiger partial charge in [-0.1, -0.05) is 6.07 Å². The molecular weight excluding hydrogens is 350 g/mol. The summed E-state index contributed by atoms with van der Waals surface area (Å²) in [5.74, 6) is -1.39. The van der Waals surface area contributed by atoms with E-state index in [-0.39, 0.29) is 30.4 Å². The molecule has 2 aromatic rings. The maximum absolute atomic E-state index is 13.7. The van der Waals surface area contributed by atoms with Crippen molar-refractivity contribution in [2.75, 3.05) is 0 Å². The van der Waals surface area contributed by atoms with Crippen molar-refractivity contribution in [2.24, 2.45) is 0 Å². The Hall–Kier alpha value is -2.75. The topological polar surface area (TPSA) is 70.7 Å². The number of nitriles is 1. The zero-order chi connectivity index (χ0) is 20.0.